The van der Waals surface area contributed by atoms with Crippen molar-refractivity contribution in [3.8, 4) is 11.4 Å². The molecule has 0 aliphatic carbocycles. The summed E-state index contributed by atoms with van der Waals surface area (Å²) in [6.45, 7) is 0.547. The fraction of sp³-hybridized carbons (Fsp3) is 0.333. The van der Waals surface area contributed by atoms with Crippen LogP contribution in [0.3, 0.4) is 0 Å². The van der Waals surface area contributed by atoms with Crippen molar-refractivity contribution in [2.75, 3.05) is 13.7 Å². The number of halogens is 1. The van der Waals surface area contributed by atoms with Gasteiger partial charge in [0.1, 0.15) is 0 Å². The standard InChI is InChI=1S/C12H14ClN3O2/c1-17-7-6-10(14)12-15-11(16-18-12)8-4-2-3-5-9(8)13/h2-5,10H,6-7,14H2,1H3. The number of methoxy groups -OCH3 is 1. The molecule has 18 heavy (non-hydrogen) atoms. The number of rotatable bonds is 5. The number of hydrogen-bond acceptors (Lipinski definition) is 5. The molecule has 0 fully saturated rings. The Morgan fingerprint density at radius 1 is 1.44 bits per heavy atom. The van der Waals surface area contributed by atoms with Gasteiger partial charge in [-0.05, 0) is 18.6 Å². The first-order valence-corrected chi connectivity index (χ1v) is 5.93. The Morgan fingerprint density at radius 3 is 2.94 bits per heavy atom. The lowest BCUT2D eigenvalue weighted by atomic mass is 10.2. The molecule has 2 N–H and O–H groups in total. The zero-order valence-corrected chi connectivity index (χ0v) is 10.7. The van der Waals surface area contributed by atoms with E-state index in [9.17, 15) is 0 Å². The number of nitrogens with zero attached hydrogens (tertiary/aromatic N) is 2. The maximum Gasteiger partial charge on any atom is 0.243 e. The lowest BCUT2D eigenvalue weighted by Crippen LogP contribution is -2.12. The summed E-state index contributed by atoms with van der Waals surface area (Å²) in [7, 11) is 1.62. The molecule has 0 bridgehead atoms. The summed E-state index contributed by atoms with van der Waals surface area (Å²) >= 11 is 6.06. The first-order chi connectivity index (χ1) is 8.72. The van der Waals surface area contributed by atoms with E-state index in [1.807, 2.05) is 18.2 Å². The van der Waals surface area contributed by atoms with E-state index < -0.39 is 0 Å². The highest BCUT2D eigenvalue weighted by atomic mass is 35.5. The molecule has 0 saturated carbocycles. The van der Waals surface area contributed by atoms with Gasteiger partial charge >= 0.3 is 0 Å². The molecular weight excluding hydrogens is 254 g/mol. The minimum Gasteiger partial charge on any atom is -0.385 e. The molecule has 0 amide bonds. The molecule has 1 atom stereocenters. The van der Waals surface area contributed by atoms with Crippen molar-refractivity contribution in [2.45, 2.75) is 12.5 Å². The average molecular weight is 268 g/mol. The van der Waals surface area contributed by atoms with E-state index in [1.54, 1.807) is 13.2 Å². The summed E-state index contributed by atoms with van der Waals surface area (Å²) in [5.74, 6) is 0.838. The molecule has 96 valence electrons. The van der Waals surface area contributed by atoms with Gasteiger partial charge in [-0.1, -0.05) is 28.9 Å². The van der Waals surface area contributed by atoms with Gasteiger partial charge in [-0.15, -0.1) is 0 Å². The second-order valence-corrected chi connectivity index (χ2v) is 4.23. The molecule has 0 aliphatic rings. The minimum absolute atomic E-state index is 0.325. The van der Waals surface area contributed by atoms with Crippen LogP contribution in [0.2, 0.25) is 5.02 Å². The number of hydrogen-bond donors (Lipinski definition) is 1. The monoisotopic (exact) mass is 267 g/mol. The maximum absolute atomic E-state index is 6.06. The summed E-state index contributed by atoms with van der Waals surface area (Å²) < 4.78 is 10.1. The highest BCUT2D eigenvalue weighted by Gasteiger charge is 2.16. The Morgan fingerprint density at radius 2 is 2.22 bits per heavy atom. The van der Waals surface area contributed by atoms with E-state index in [4.69, 9.17) is 26.6 Å². The molecule has 2 aromatic rings. The van der Waals surface area contributed by atoms with Crippen molar-refractivity contribution in [1.82, 2.24) is 10.1 Å². The number of benzene rings is 1. The number of nitrogens with two attached hydrogens (primary N) is 1. The third-order valence-electron chi connectivity index (χ3n) is 2.51. The van der Waals surface area contributed by atoms with Gasteiger partial charge in [0.2, 0.25) is 11.7 Å². The Kier molecular flexibility index (Phi) is 4.30. The molecule has 0 radical (unpaired) electrons. The molecule has 0 saturated heterocycles. The lowest BCUT2D eigenvalue weighted by molar-refractivity contribution is 0.182. The lowest BCUT2D eigenvalue weighted by Gasteiger charge is -2.04. The van der Waals surface area contributed by atoms with Gasteiger partial charge in [-0.2, -0.15) is 4.98 Å². The summed E-state index contributed by atoms with van der Waals surface area (Å²) in [6, 6.07) is 6.99. The smallest absolute Gasteiger partial charge is 0.243 e. The third-order valence-corrected chi connectivity index (χ3v) is 2.84. The fourth-order valence-corrected chi connectivity index (χ4v) is 1.73. The van der Waals surface area contributed by atoms with Crippen molar-refractivity contribution in [3.63, 3.8) is 0 Å². The molecule has 6 heteroatoms. The Balaban J connectivity index is 2.18. The van der Waals surface area contributed by atoms with Crippen LogP contribution < -0.4 is 5.73 Å². The average Bonchev–Trinajstić information content (AvgIpc) is 2.86. The molecule has 0 spiro atoms. The topological polar surface area (TPSA) is 74.2 Å². The first kappa shape index (κ1) is 13.0. The third kappa shape index (κ3) is 2.87. The summed E-state index contributed by atoms with van der Waals surface area (Å²) in [5, 5.41) is 4.46. The van der Waals surface area contributed by atoms with Gasteiger partial charge in [0.15, 0.2) is 0 Å². The molecule has 5 nitrogen and oxygen atoms in total. The van der Waals surface area contributed by atoms with Gasteiger partial charge in [-0.25, -0.2) is 0 Å². The van der Waals surface area contributed by atoms with E-state index in [2.05, 4.69) is 10.1 Å². The van der Waals surface area contributed by atoms with E-state index in [-0.39, 0.29) is 6.04 Å². The van der Waals surface area contributed by atoms with Gasteiger partial charge < -0.3 is 15.0 Å². The molecular formula is C12H14ClN3O2. The first-order valence-electron chi connectivity index (χ1n) is 5.55. The molecule has 1 aromatic carbocycles. The molecule has 2 rings (SSSR count). The Hall–Kier alpha value is -1.43. The van der Waals surface area contributed by atoms with Crippen molar-refractivity contribution >= 4 is 11.6 Å². The van der Waals surface area contributed by atoms with Crippen LogP contribution >= 0.6 is 11.6 Å². The zero-order chi connectivity index (χ0) is 13.0. The predicted octanol–water partition coefficient (Wildman–Crippen LogP) is 2.43. The second kappa shape index (κ2) is 5.95. The SMILES string of the molecule is COCCC(N)c1nc(-c2ccccc2Cl)no1. The van der Waals surface area contributed by atoms with E-state index in [1.165, 1.54) is 0 Å². The van der Waals surface area contributed by atoms with Crippen molar-refractivity contribution in [3.05, 3.63) is 35.2 Å². The largest absolute Gasteiger partial charge is 0.385 e. The second-order valence-electron chi connectivity index (χ2n) is 3.82. The highest BCUT2D eigenvalue weighted by molar-refractivity contribution is 6.33. The van der Waals surface area contributed by atoms with Crippen LogP contribution in [0.25, 0.3) is 11.4 Å². The van der Waals surface area contributed by atoms with Crippen LogP contribution in [0, 0.1) is 0 Å². The van der Waals surface area contributed by atoms with Gasteiger partial charge in [0.25, 0.3) is 0 Å². The van der Waals surface area contributed by atoms with E-state index in [0.717, 1.165) is 5.56 Å². The minimum atomic E-state index is -0.325. The van der Waals surface area contributed by atoms with Gasteiger partial charge in [-0.3, -0.25) is 0 Å². The number of ether oxygens (including phenoxy) is 1. The predicted molar refractivity (Wildman–Crippen MR) is 68.2 cm³/mol. The highest BCUT2D eigenvalue weighted by Crippen LogP contribution is 2.26. The molecule has 1 heterocycles. The van der Waals surface area contributed by atoms with Crippen LogP contribution in [-0.4, -0.2) is 23.9 Å². The quantitative estimate of drug-likeness (QED) is 0.900. The Bertz CT molecular complexity index is 516. The summed E-state index contributed by atoms with van der Waals surface area (Å²) in [4.78, 5) is 4.25. The van der Waals surface area contributed by atoms with Crippen LogP contribution in [0.1, 0.15) is 18.4 Å². The van der Waals surface area contributed by atoms with Crippen molar-refractivity contribution in [1.29, 1.82) is 0 Å². The summed E-state index contributed by atoms with van der Waals surface area (Å²) in [6.07, 6.45) is 0.626. The maximum atomic E-state index is 6.06. The van der Waals surface area contributed by atoms with Gasteiger partial charge in [0, 0.05) is 19.3 Å². The van der Waals surface area contributed by atoms with Crippen LogP contribution in [-0.2, 0) is 4.74 Å². The van der Waals surface area contributed by atoms with Crippen LogP contribution in [0.5, 0.6) is 0 Å². The van der Waals surface area contributed by atoms with Gasteiger partial charge in [0.05, 0.1) is 11.1 Å². The van der Waals surface area contributed by atoms with Crippen molar-refractivity contribution < 1.29 is 9.26 Å². The van der Waals surface area contributed by atoms with E-state index in [0.29, 0.717) is 29.8 Å². The van der Waals surface area contributed by atoms with Crippen LogP contribution in [0.4, 0.5) is 0 Å². The number of aromatic nitrogens is 2. The Labute approximate surface area is 110 Å². The van der Waals surface area contributed by atoms with Crippen LogP contribution in [0.15, 0.2) is 28.8 Å². The molecule has 1 aromatic heterocycles. The van der Waals surface area contributed by atoms with E-state index >= 15 is 0 Å². The zero-order valence-electron chi connectivity index (χ0n) is 9.97. The molecule has 1 unspecified atom stereocenters. The normalized spacial score (nSPS) is 12.6. The fourth-order valence-electron chi connectivity index (χ4n) is 1.51. The van der Waals surface area contributed by atoms with Crippen molar-refractivity contribution in [2.24, 2.45) is 5.73 Å². The summed E-state index contributed by atoms with van der Waals surface area (Å²) in [5.41, 5.74) is 6.63. The molecule has 0 aliphatic heterocycles.